The van der Waals surface area contributed by atoms with E-state index in [0.29, 0.717) is 12.0 Å². The van der Waals surface area contributed by atoms with Crippen molar-refractivity contribution in [2.45, 2.75) is 20.3 Å². The van der Waals surface area contributed by atoms with E-state index in [9.17, 15) is 9.59 Å². The average Bonchev–Trinajstić information content (AvgIpc) is 2.13. The van der Waals surface area contributed by atoms with Gasteiger partial charge in [-0.2, -0.15) is 0 Å². The fourth-order valence-corrected chi connectivity index (χ4v) is 0.606. The lowest BCUT2D eigenvalue weighted by atomic mass is 10.2. The van der Waals surface area contributed by atoms with Gasteiger partial charge in [0.2, 0.25) is 0 Å². The van der Waals surface area contributed by atoms with Crippen molar-refractivity contribution < 1.29 is 19.4 Å². The lowest BCUT2D eigenvalue weighted by Crippen LogP contribution is -2.12. The highest BCUT2D eigenvalue weighted by Gasteiger charge is 2.09. The largest absolute Gasteiger partial charge is 0.381 e. The minimum atomic E-state index is -0.792. The lowest BCUT2D eigenvalue weighted by molar-refractivity contribution is -0.253. The molecule has 0 amide bonds. The van der Waals surface area contributed by atoms with E-state index in [1.165, 1.54) is 0 Å². The first-order chi connectivity index (χ1) is 6.11. The molecule has 0 aliphatic heterocycles. The Kier molecular flexibility index (Phi) is 5.97. The Balaban J connectivity index is 3.88. The van der Waals surface area contributed by atoms with Gasteiger partial charge in [0.1, 0.15) is 5.88 Å². The van der Waals surface area contributed by atoms with Crippen LogP contribution >= 0.6 is 11.6 Å². The molecule has 0 aromatic heterocycles. The van der Waals surface area contributed by atoms with E-state index >= 15 is 0 Å². The molecular weight excluding hydrogens is 196 g/mol. The maximum Gasteiger partial charge on any atom is 0.381 e. The first-order valence-electron chi connectivity index (χ1n) is 3.76. The van der Waals surface area contributed by atoms with Crippen molar-refractivity contribution in [3.8, 4) is 0 Å². The Labute approximate surface area is 81.4 Å². The summed E-state index contributed by atoms with van der Waals surface area (Å²) in [5.74, 6) is -1.82. The van der Waals surface area contributed by atoms with Gasteiger partial charge < -0.3 is 0 Å². The zero-order valence-electron chi connectivity index (χ0n) is 7.50. The van der Waals surface area contributed by atoms with Crippen LogP contribution in [0.5, 0.6) is 0 Å². The molecule has 0 N–H and O–H groups in total. The minimum Gasteiger partial charge on any atom is -0.246 e. The van der Waals surface area contributed by atoms with Gasteiger partial charge in [-0.05, 0) is 13.3 Å². The fraction of sp³-hybridized carbons (Fsp3) is 0.500. The third-order valence-corrected chi connectivity index (χ3v) is 1.37. The molecule has 0 spiro atoms. The van der Waals surface area contributed by atoms with Gasteiger partial charge >= 0.3 is 11.9 Å². The molecule has 0 saturated carbocycles. The van der Waals surface area contributed by atoms with Crippen molar-refractivity contribution in [1.82, 2.24) is 0 Å². The van der Waals surface area contributed by atoms with Gasteiger partial charge in [-0.15, -0.1) is 11.6 Å². The van der Waals surface area contributed by atoms with Gasteiger partial charge in [0.15, 0.2) is 0 Å². The third kappa shape index (κ3) is 5.25. The Morgan fingerprint density at radius 2 is 2.00 bits per heavy atom. The second-order valence-corrected chi connectivity index (χ2v) is 2.52. The number of rotatable bonds is 3. The smallest absolute Gasteiger partial charge is 0.246 e. The van der Waals surface area contributed by atoms with Crippen LogP contribution in [0.3, 0.4) is 0 Å². The van der Waals surface area contributed by atoms with Gasteiger partial charge in [0.05, 0.1) is 0 Å². The number of carbonyl (C=O) groups excluding carboxylic acids is 2. The van der Waals surface area contributed by atoms with E-state index < -0.39 is 11.9 Å². The number of allylic oxidation sites excluding steroid dienone is 1. The summed E-state index contributed by atoms with van der Waals surface area (Å²) in [6, 6.07) is 0. The molecule has 13 heavy (non-hydrogen) atoms. The van der Waals surface area contributed by atoms with Gasteiger partial charge in [-0.3, -0.25) is 0 Å². The van der Waals surface area contributed by atoms with Gasteiger partial charge in [-0.1, -0.05) is 13.0 Å². The molecule has 0 fully saturated rings. The predicted molar refractivity (Wildman–Crippen MR) is 47.0 cm³/mol. The molecule has 0 radical (unpaired) electrons. The molecule has 74 valence electrons. The molecule has 0 bridgehead atoms. The number of hydrogen-bond donors (Lipinski definition) is 0. The number of halogens is 1. The van der Waals surface area contributed by atoms with E-state index in [4.69, 9.17) is 11.6 Å². The minimum absolute atomic E-state index is 0.343. The van der Waals surface area contributed by atoms with E-state index in [0.717, 1.165) is 0 Å². The molecule has 5 heteroatoms. The van der Waals surface area contributed by atoms with Crippen molar-refractivity contribution in [1.29, 1.82) is 0 Å². The van der Waals surface area contributed by atoms with E-state index in [2.05, 4.69) is 9.78 Å². The Morgan fingerprint density at radius 1 is 1.38 bits per heavy atom. The van der Waals surface area contributed by atoms with Crippen LogP contribution in [0.1, 0.15) is 20.3 Å². The number of carbonyl (C=O) groups is 2. The Hall–Kier alpha value is -1.03. The van der Waals surface area contributed by atoms with Crippen LogP contribution in [0.4, 0.5) is 0 Å². The van der Waals surface area contributed by atoms with Crippen molar-refractivity contribution in [3.63, 3.8) is 0 Å². The molecule has 0 atom stereocenters. The molecule has 4 nitrogen and oxygen atoms in total. The summed E-state index contributed by atoms with van der Waals surface area (Å²) in [6.45, 7) is 3.45. The second kappa shape index (κ2) is 6.48. The summed E-state index contributed by atoms with van der Waals surface area (Å²) < 4.78 is 0. The zero-order chi connectivity index (χ0) is 10.3. The van der Waals surface area contributed by atoms with Crippen LogP contribution in [-0.4, -0.2) is 17.8 Å². The standard InChI is InChI=1S/C8H11ClO4/c1-3-4-6(2)8(11)13-12-7(10)5-9/h4H,3,5H2,1-2H3. The quantitative estimate of drug-likeness (QED) is 0.305. The van der Waals surface area contributed by atoms with Crippen LogP contribution in [0.2, 0.25) is 0 Å². The van der Waals surface area contributed by atoms with Gasteiger partial charge in [0.25, 0.3) is 0 Å². The Bertz CT molecular complexity index is 222. The van der Waals surface area contributed by atoms with Crippen molar-refractivity contribution in [2.75, 3.05) is 5.88 Å². The highest BCUT2D eigenvalue weighted by atomic mass is 35.5. The van der Waals surface area contributed by atoms with E-state index in [-0.39, 0.29) is 5.88 Å². The number of alkyl halides is 1. The van der Waals surface area contributed by atoms with Crippen molar-refractivity contribution >= 4 is 23.5 Å². The summed E-state index contributed by atoms with van der Waals surface area (Å²) in [4.78, 5) is 29.6. The van der Waals surface area contributed by atoms with E-state index in [1.54, 1.807) is 13.0 Å². The van der Waals surface area contributed by atoms with Crippen LogP contribution in [0.15, 0.2) is 11.6 Å². The summed E-state index contributed by atoms with van der Waals surface area (Å²) in [7, 11) is 0. The molecule has 0 rings (SSSR count). The first-order valence-corrected chi connectivity index (χ1v) is 4.29. The molecule has 0 aliphatic rings. The first kappa shape index (κ1) is 12.0. The second-order valence-electron chi connectivity index (χ2n) is 2.26. The van der Waals surface area contributed by atoms with Gasteiger partial charge in [-0.25, -0.2) is 19.4 Å². The molecule has 0 saturated heterocycles. The number of hydrogen-bond acceptors (Lipinski definition) is 4. The zero-order valence-corrected chi connectivity index (χ0v) is 8.26. The molecule has 0 aromatic carbocycles. The summed E-state index contributed by atoms with van der Waals surface area (Å²) in [5.41, 5.74) is 0.393. The van der Waals surface area contributed by atoms with Crippen LogP contribution < -0.4 is 0 Å². The third-order valence-electron chi connectivity index (χ3n) is 1.15. The molecular formula is C8H11ClO4. The van der Waals surface area contributed by atoms with Crippen LogP contribution in [0, 0.1) is 0 Å². The topological polar surface area (TPSA) is 52.6 Å². The van der Waals surface area contributed by atoms with Crippen LogP contribution in [-0.2, 0) is 19.4 Å². The SMILES string of the molecule is CCC=C(C)C(=O)OOC(=O)CCl. The maximum atomic E-state index is 10.9. The maximum absolute atomic E-state index is 10.9. The molecule has 0 heterocycles. The predicted octanol–water partition coefficient (Wildman–Crippen LogP) is 1.58. The molecule has 0 aromatic rings. The normalized spacial score (nSPS) is 10.8. The molecule has 0 aliphatic carbocycles. The van der Waals surface area contributed by atoms with Crippen LogP contribution in [0.25, 0.3) is 0 Å². The molecule has 0 unspecified atom stereocenters. The summed E-state index contributed by atoms with van der Waals surface area (Å²) >= 11 is 5.10. The summed E-state index contributed by atoms with van der Waals surface area (Å²) in [6.07, 6.45) is 2.38. The monoisotopic (exact) mass is 206 g/mol. The van der Waals surface area contributed by atoms with Gasteiger partial charge in [0, 0.05) is 5.57 Å². The summed E-state index contributed by atoms with van der Waals surface area (Å²) in [5, 5.41) is 0. The highest BCUT2D eigenvalue weighted by Crippen LogP contribution is 1.99. The Morgan fingerprint density at radius 3 is 2.46 bits per heavy atom. The van der Waals surface area contributed by atoms with E-state index in [1.807, 2.05) is 6.92 Å². The fourth-order valence-electron chi connectivity index (χ4n) is 0.562. The highest BCUT2D eigenvalue weighted by molar-refractivity contribution is 6.26. The van der Waals surface area contributed by atoms with Crippen molar-refractivity contribution in [3.05, 3.63) is 11.6 Å². The lowest BCUT2D eigenvalue weighted by Gasteiger charge is -2.00. The average molecular weight is 207 g/mol. The van der Waals surface area contributed by atoms with Crippen molar-refractivity contribution in [2.24, 2.45) is 0 Å².